The van der Waals surface area contributed by atoms with Crippen molar-refractivity contribution in [2.75, 3.05) is 0 Å². The lowest BCUT2D eigenvalue weighted by Gasteiger charge is -1.99. The summed E-state index contributed by atoms with van der Waals surface area (Å²) in [6, 6.07) is 11.8. The van der Waals surface area contributed by atoms with Crippen LogP contribution in [0.4, 0.5) is 4.39 Å². The lowest BCUT2D eigenvalue weighted by Crippen LogP contribution is -1.93. The van der Waals surface area contributed by atoms with Crippen LogP contribution < -0.4 is 0 Å². The standard InChI is InChI=1S/C16H12ClFOS/c1-11-2-4-12(5-3-11)16(19)8-9-20-13-6-7-15(18)14(17)10-13/h2-10H,1H3/b9-8+. The van der Waals surface area contributed by atoms with Crippen LogP contribution in [0.25, 0.3) is 0 Å². The van der Waals surface area contributed by atoms with Crippen molar-refractivity contribution < 1.29 is 9.18 Å². The quantitative estimate of drug-likeness (QED) is 0.434. The van der Waals surface area contributed by atoms with Crippen LogP contribution in [-0.2, 0) is 0 Å². The van der Waals surface area contributed by atoms with E-state index in [1.54, 1.807) is 23.6 Å². The van der Waals surface area contributed by atoms with Crippen molar-refractivity contribution in [1.82, 2.24) is 0 Å². The predicted molar refractivity (Wildman–Crippen MR) is 81.9 cm³/mol. The molecule has 0 saturated carbocycles. The second-order valence-electron chi connectivity index (χ2n) is 4.23. The highest BCUT2D eigenvalue weighted by Gasteiger charge is 2.02. The van der Waals surface area contributed by atoms with Gasteiger partial charge in [0.1, 0.15) is 5.82 Å². The number of hydrogen-bond donors (Lipinski definition) is 0. The van der Waals surface area contributed by atoms with E-state index in [0.717, 1.165) is 10.5 Å². The molecule has 0 spiro atoms. The van der Waals surface area contributed by atoms with Gasteiger partial charge in [-0.05, 0) is 36.6 Å². The molecule has 0 heterocycles. The van der Waals surface area contributed by atoms with Gasteiger partial charge in [-0.15, -0.1) is 0 Å². The zero-order valence-electron chi connectivity index (χ0n) is 10.8. The van der Waals surface area contributed by atoms with Crippen molar-refractivity contribution in [3.63, 3.8) is 0 Å². The Morgan fingerprint density at radius 3 is 2.55 bits per heavy atom. The van der Waals surface area contributed by atoms with Crippen molar-refractivity contribution in [2.45, 2.75) is 11.8 Å². The van der Waals surface area contributed by atoms with E-state index in [2.05, 4.69) is 0 Å². The second-order valence-corrected chi connectivity index (χ2v) is 5.61. The van der Waals surface area contributed by atoms with Crippen molar-refractivity contribution in [2.24, 2.45) is 0 Å². The molecule has 20 heavy (non-hydrogen) atoms. The molecule has 0 unspecified atom stereocenters. The summed E-state index contributed by atoms with van der Waals surface area (Å²) in [5.41, 5.74) is 1.76. The lowest BCUT2D eigenvalue weighted by atomic mass is 10.1. The molecule has 0 aliphatic carbocycles. The van der Waals surface area contributed by atoms with Crippen LogP contribution in [0.2, 0.25) is 5.02 Å². The van der Waals surface area contributed by atoms with Gasteiger partial charge >= 0.3 is 0 Å². The number of rotatable bonds is 4. The van der Waals surface area contributed by atoms with Crippen LogP contribution in [-0.4, -0.2) is 5.78 Å². The van der Waals surface area contributed by atoms with Gasteiger partial charge in [0.25, 0.3) is 0 Å². The molecule has 0 bridgehead atoms. The van der Waals surface area contributed by atoms with Crippen molar-refractivity contribution in [3.8, 4) is 0 Å². The van der Waals surface area contributed by atoms with E-state index in [9.17, 15) is 9.18 Å². The summed E-state index contributed by atoms with van der Waals surface area (Å²) in [5, 5.41) is 1.75. The third kappa shape index (κ3) is 3.95. The van der Waals surface area contributed by atoms with Crippen LogP contribution in [0, 0.1) is 12.7 Å². The molecule has 0 amide bonds. The molecule has 4 heteroatoms. The largest absolute Gasteiger partial charge is 0.289 e. The molecule has 0 N–H and O–H groups in total. The van der Waals surface area contributed by atoms with E-state index in [-0.39, 0.29) is 10.8 Å². The van der Waals surface area contributed by atoms with E-state index < -0.39 is 5.82 Å². The Morgan fingerprint density at radius 1 is 1.20 bits per heavy atom. The van der Waals surface area contributed by atoms with E-state index in [1.807, 2.05) is 19.1 Å². The third-order valence-electron chi connectivity index (χ3n) is 2.65. The Hall–Kier alpha value is -1.58. The summed E-state index contributed by atoms with van der Waals surface area (Å²) in [6.45, 7) is 1.97. The summed E-state index contributed by atoms with van der Waals surface area (Å²) in [7, 11) is 0. The number of aryl methyl sites for hydroxylation is 1. The smallest absolute Gasteiger partial charge is 0.186 e. The molecule has 0 atom stereocenters. The summed E-state index contributed by atoms with van der Waals surface area (Å²) in [6.07, 6.45) is 1.49. The Bertz CT molecular complexity index is 650. The fourth-order valence-electron chi connectivity index (χ4n) is 1.54. The normalized spacial score (nSPS) is 10.9. The van der Waals surface area contributed by atoms with Gasteiger partial charge in [0, 0.05) is 10.5 Å². The monoisotopic (exact) mass is 306 g/mol. The molecule has 2 aromatic rings. The molecule has 2 rings (SSSR count). The molecule has 0 radical (unpaired) electrons. The SMILES string of the molecule is Cc1ccc(C(=O)/C=C/Sc2ccc(F)c(Cl)c2)cc1. The number of carbonyl (C=O) groups is 1. The summed E-state index contributed by atoms with van der Waals surface area (Å²) >= 11 is 7.00. The number of thioether (sulfide) groups is 1. The minimum atomic E-state index is -0.448. The van der Waals surface area contributed by atoms with Gasteiger partial charge < -0.3 is 0 Å². The molecular weight excluding hydrogens is 295 g/mol. The van der Waals surface area contributed by atoms with Gasteiger partial charge in [-0.1, -0.05) is 53.2 Å². The molecule has 0 aromatic heterocycles. The first-order valence-corrected chi connectivity index (χ1v) is 7.21. The molecule has 2 aromatic carbocycles. The summed E-state index contributed by atoms with van der Waals surface area (Å²) < 4.78 is 13.0. The van der Waals surface area contributed by atoms with Gasteiger partial charge in [0.15, 0.2) is 5.78 Å². The minimum absolute atomic E-state index is 0.0642. The Kier molecular flexibility index (Phi) is 4.99. The Labute approximate surface area is 126 Å². The van der Waals surface area contributed by atoms with E-state index in [0.29, 0.717) is 5.56 Å². The molecule has 1 nitrogen and oxygen atoms in total. The number of hydrogen-bond acceptors (Lipinski definition) is 2. The molecule has 0 fully saturated rings. The summed E-state index contributed by atoms with van der Waals surface area (Å²) in [4.78, 5) is 12.7. The number of allylic oxidation sites excluding steroid dienone is 1. The first kappa shape index (κ1) is 14.8. The minimum Gasteiger partial charge on any atom is -0.289 e. The van der Waals surface area contributed by atoms with Gasteiger partial charge in [-0.25, -0.2) is 4.39 Å². The number of halogens is 2. The van der Waals surface area contributed by atoms with Crippen LogP contribution in [0.3, 0.4) is 0 Å². The third-order valence-corrected chi connectivity index (χ3v) is 3.74. The maximum Gasteiger partial charge on any atom is 0.186 e. The highest BCUT2D eigenvalue weighted by molar-refractivity contribution is 8.02. The van der Waals surface area contributed by atoms with Crippen LogP contribution in [0.1, 0.15) is 15.9 Å². The number of benzene rings is 2. The summed E-state index contributed by atoms with van der Waals surface area (Å²) in [5.74, 6) is -0.513. The van der Waals surface area contributed by atoms with E-state index >= 15 is 0 Å². The maximum absolute atomic E-state index is 13.0. The molecule has 0 aliphatic rings. The second kappa shape index (κ2) is 6.73. The fraction of sp³-hybridized carbons (Fsp3) is 0.0625. The van der Waals surface area contributed by atoms with Gasteiger partial charge in [-0.2, -0.15) is 0 Å². The Morgan fingerprint density at radius 2 is 1.90 bits per heavy atom. The van der Waals surface area contributed by atoms with Crippen LogP contribution in [0.15, 0.2) is 58.8 Å². The number of ketones is 1. The highest BCUT2D eigenvalue weighted by atomic mass is 35.5. The molecule has 0 saturated heterocycles. The van der Waals surface area contributed by atoms with E-state index in [1.165, 1.54) is 30.0 Å². The van der Waals surface area contributed by atoms with Crippen LogP contribution in [0.5, 0.6) is 0 Å². The van der Waals surface area contributed by atoms with Crippen molar-refractivity contribution in [1.29, 1.82) is 0 Å². The zero-order valence-corrected chi connectivity index (χ0v) is 12.3. The maximum atomic E-state index is 13.0. The first-order chi connectivity index (χ1) is 9.56. The number of carbonyl (C=O) groups excluding carboxylic acids is 1. The van der Waals surface area contributed by atoms with Crippen molar-refractivity contribution in [3.05, 3.63) is 75.9 Å². The highest BCUT2D eigenvalue weighted by Crippen LogP contribution is 2.24. The van der Waals surface area contributed by atoms with Gasteiger partial charge in [0.05, 0.1) is 5.02 Å². The molecule has 0 aliphatic heterocycles. The van der Waals surface area contributed by atoms with Gasteiger partial charge in [-0.3, -0.25) is 4.79 Å². The zero-order chi connectivity index (χ0) is 14.5. The van der Waals surface area contributed by atoms with E-state index in [4.69, 9.17) is 11.6 Å². The predicted octanol–water partition coefficient (Wildman–Crippen LogP) is 5.28. The first-order valence-electron chi connectivity index (χ1n) is 5.95. The lowest BCUT2D eigenvalue weighted by molar-refractivity contribution is 0.104. The Balaban J connectivity index is 2.00. The van der Waals surface area contributed by atoms with Crippen molar-refractivity contribution >= 4 is 29.1 Å². The average Bonchev–Trinajstić information content (AvgIpc) is 2.43. The van der Waals surface area contributed by atoms with Crippen LogP contribution >= 0.6 is 23.4 Å². The molecule has 102 valence electrons. The van der Waals surface area contributed by atoms with Gasteiger partial charge in [0.2, 0.25) is 0 Å². The fourth-order valence-corrected chi connectivity index (χ4v) is 2.47. The average molecular weight is 307 g/mol. The molecular formula is C16H12ClFOS. The topological polar surface area (TPSA) is 17.1 Å².